The molecule has 1 amide bonds. The summed E-state index contributed by atoms with van der Waals surface area (Å²) in [7, 11) is 0. The molecule has 0 fully saturated rings. The summed E-state index contributed by atoms with van der Waals surface area (Å²) in [4.78, 5) is 11.3. The maximum atomic E-state index is 11.3. The van der Waals surface area contributed by atoms with E-state index in [9.17, 15) is 4.79 Å². The topological polar surface area (TPSA) is 41.1 Å². The minimum absolute atomic E-state index is 0.0276. The van der Waals surface area contributed by atoms with Crippen LogP contribution in [-0.2, 0) is 4.79 Å². The van der Waals surface area contributed by atoms with Gasteiger partial charge in [-0.3, -0.25) is 4.79 Å². The Balaban J connectivity index is 2.30. The Morgan fingerprint density at radius 2 is 2.00 bits per heavy atom. The standard InChI is InChI=1S/C11H15BrN2O/c1-2-7-13-11(15)8-14-10-5-3-9(12)4-6-10/h3-6,14H,2,7-8H2,1H3,(H,13,15). The summed E-state index contributed by atoms with van der Waals surface area (Å²) in [5.41, 5.74) is 0.949. The lowest BCUT2D eigenvalue weighted by molar-refractivity contribution is -0.119. The number of hydrogen-bond acceptors (Lipinski definition) is 2. The molecule has 2 N–H and O–H groups in total. The van der Waals surface area contributed by atoms with Crippen molar-refractivity contribution >= 4 is 27.5 Å². The molecule has 82 valence electrons. The van der Waals surface area contributed by atoms with E-state index in [0.29, 0.717) is 6.54 Å². The van der Waals surface area contributed by atoms with Crippen LogP contribution in [0.2, 0.25) is 0 Å². The fraction of sp³-hybridized carbons (Fsp3) is 0.364. The second kappa shape index (κ2) is 6.45. The molecule has 0 aromatic heterocycles. The van der Waals surface area contributed by atoms with Gasteiger partial charge in [0.2, 0.25) is 5.91 Å². The molecule has 0 aliphatic rings. The van der Waals surface area contributed by atoms with Gasteiger partial charge >= 0.3 is 0 Å². The molecular weight excluding hydrogens is 256 g/mol. The van der Waals surface area contributed by atoms with Crippen LogP contribution < -0.4 is 10.6 Å². The normalized spacial score (nSPS) is 9.73. The van der Waals surface area contributed by atoms with Gasteiger partial charge in [-0.2, -0.15) is 0 Å². The summed E-state index contributed by atoms with van der Waals surface area (Å²) < 4.78 is 1.03. The Hall–Kier alpha value is -1.03. The second-order valence-corrected chi connectivity index (χ2v) is 4.13. The lowest BCUT2D eigenvalue weighted by atomic mass is 10.3. The van der Waals surface area contributed by atoms with Crippen molar-refractivity contribution in [3.8, 4) is 0 Å². The molecule has 4 heteroatoms. The summed E-state index contributed by atoms with van der Waals surface area (Å²) in [6.45, 7) is 3.09. The molecule has 0 atom stereocenters. The Morgan fingerprint density at radius 3 is 2.60 bits per heavy atom. The second-order valence-electron chi connectivity index (χ2n) is 3.21. The van der Waals surface area contributed by atoms with Crippen molar-refractivity contribution in [2.45, 2.75) is 13.3 Å². The molecule has 0 unspecified atom stereocenters. The number of rotatable bonds is 5. The predicted octanol–water partition coefficient (Wildman–Crippen LogP) is 2.39. The number of halogens is 1. The monoisotopic (exact) mass is 270 g/mol. The largest absolute Gasteiger partial charge is 0.376 e. The Kier molecular flexibility index (Phi) is 5.18. The van der Waals surface area contributed by atoms with Gasteiger partial charge in [0.1, 0.15) is 0 Å². The summed E-state index contributed by atoms with van der Waals surface area (Å²) in [5.74, 6) is 0.0276. The van der Waals surface area contributed by atoms with E-state index in [0.717, 1.165) is 23.1 Å². The molecule has 0 spiro atoms. The van der Waals surface area contributed by atoms with Crippen LogP contribution in [0, 0.1) is 0 Å². The zero-order chi connectivity index (χ0) is 11.1. The number of benzene rings is 1. The highest BCUT2D eigenvalue weighted by atomic mass is 79.9. The molecule has 0 bridgehead atoms. The molecule has 15 heavy (non-hydrogen) atoms. The molecule has 0 heterocycles. The van der Waals surface area contributed by atoms with E-state index in [1.165, 1.54) is 0 Å². The van der Waals surface area contributed by atoms with Crippen LogP contribution in [-0.4, -0.2) is 19.0 Å². The number of nitrogens with one attached hydrogen (secondary N) is 2. The molecule has 0 aliphatic carbocycles. The van der Waals surface area contributed by atoms with Crippen molar-refractivity contribution in [2.24, 2.45) is 0 Å². The summed E-state index contributed by atoms with van der Waals surface area (Å²) >= 11 is 3.35. The quantitative estimate of drug-likeness (QED) is 0.863. The summed E-state index contributed by atoms with van der Waals surface area (Å²) in [6, 6.07) is 7.73. The smallest absolute Gasteiger partial charge is 0.239 e. The third kappa shape index (κ3) is 4.83. The summed E-state index contributed by atoms with van der Waals surface area (Å²) in [6.07, 6.45) is 0.962. The number of carbonyl (C=O) groups is 1. The first kappa shape index (κ1) is 12.0. The number of anilines is 1. The van der Waals surface area contributed by atoms with Crippen molar-refractivity contribution in [1.82, 2.24) is 5.32 Å². The highest BCUT2D eigenvalue weighted by molar-refractivity contribution is 9.10. The number of carbonyl (C=O) groups excluding carboxylic acids is 1. The molecular formula is C11H15BrN2O. The van der Waals surface area contributed by atoms with E-state index < -0.39 is 0 Å². The lowest BCUT2D eigenvalue weighted by Crippen LogP contribution is -2.30. The van der Waals surface area contributed by atoms with Crippen LogP contribution in [0.25, 0.3) is 0 Å². The third-order valence-corrected chi connectivity index (χ3v) is 2.40. The van der Waals surface area contributed by atoms with Crippen LogP contribution in [0.1, 0.15) is 13.3 Å². The van der Waals surface area contributed by atoms with Gasteiger partial charge in [-0.1, -0.05) is 22.9 Å². The first-order valence-corrected chi connectivity index (χ1v) is 5.78. The highest BCUT2D eigenvalue weighted by Crippen LogP contribution is 2.13. The van der Waals surface area contributed by atoms with Gasteiger partial charge in [0.05, 0.1) is 6.54 Å². The van der Waals surface area contributed by atoms with E-state index in [-0.39, 0.29) is 5.91 Å². The van der Waals surface area contributed by atoms with Gasteiger partial charge in [-0.05, 0) is 30.7 Å². The van der Waals surface area contributed by atoms with Crippen LogP contribution in [0.15, 0.2) is 28.7 Å². The average molecular weight is 271 g/mol. The predicted molar refractivity (Wildman–Crippen MR) is 65.9 cm³/mol. The molecule has 0 saturated heterocycles. The van der Waals surface area contributed by atoms with Gasteiger partial charge in [0.25, 0.3) is 0 Å². The highest BCUT2D eigenvalue weighted by Gasteiger charge is 1.98. The first-order valence-electron chi connectivity index (χ1n) is 4.98. The van der Waals surface area contributed by atoms with E-state index in [4.69, 9.17) is 0 Å². The number of amides is 1. The Bertz CT molecular complexity index is 311. The van der Waals surface area contributed by atoms with Crippen LogP contribution in [0.5, 0.6) is 0 Å². The third-order valence-electron chi connectivity index (χ3n) is 1.87. The maximum absolute atomic E-state index is 11.3. The molecule has 0 saturated carbocycles. The Labute approximate surface area is 98.4 Å². The van der Waals surface area contributed by atoms with Crippen molar-refractivity contribution < 1.29 is 4.79 Å². The van der Waals surface area contributed by atoms with Crippen molar-refractivity contribution in [3.05, 3.63) is 28.7 Å². The zero-order valence-electron chi connectivity index (χ0n) is 8.72. The van der Waals surface area contributed by atoms with Crippen molar-refractivity contribution in [3.63, 3.8) is 0 Å². The van der Waals surface area contributed by atoms with Gasteiger partial charge in [0, 0.05) is 16.7 Å². The fourth-order valence-electron chi connectivity index (χ4n) is 1.08. The van der Waals surface area contributed by atoms with Gasteiger partial charge in [0.15, 0.2) is 0 Å². The molecule has 0 aliphatic heterocycles. The summed E-state index contributed by atoms with van der Waals surface area (Å²) in [5, 5.41) is 5.85. The van der Waals surface area contributed by atoms with Crippen molar-refractivity contribution in [2.75, 3.05) is 18.4 Å². The lowest BCUT2D eigenvalue weighted by Gasteiger charge is -2.06. The minimum atomic E-state index is 0.0276. The number of hydrogen-bond donors (Lipinski definition) is 2. The SMILES string of the molecule is CCCNC(=O)CNc1ccc(Br)cc1. The molecule has 1 aromatic carbocycles. The Morgan fingerprint density at radius 1 is 1.33 bits per heavy atom. The van der Waals surface area contributed by atoms with E-state index in [1.807, 2.05) is 31.2 Å². The van der Waals surface area contributed by atoms with Gasteiger partial charge in [-0.25, -0.2) is 0 Å². The van der Waals surface area contributed by atoms with E-state index in [1.54, 1.807) is 0 Å². The van der Waals surface area contributed by atoms with Crippen LogP contribution in [0.4, 0.5) is 5.69 Å². The first-order chi connectivity index (χ1) is 7.22. The molecule has 1 aromatic rings. The minimum Gasteiger partial charge on any atom is -0.376 e. The van der Waals surface area contributed by atoms with E-state index in [2.05, 4.69) is 26.6 Å². The molecule has 3 nitrogen and oxygen atoms in total. The average Bonchev–Trinajstić information content (AvgIpc) is 2.25. The van der Waals surface area contributed by atoms with Crippen molar-refractivity contribution in [1.29, 1.82) is 0 Å². The van der Waals surface area contributed by atoms with Gasteiger partial charge in [-0.15, -0.1) is 0 Å². The fourth-order valence-corrected chi connectivity index (χ4v) is 1.34. The van der Waals surface area contributed by atoms with Crippen LogP contribution in [0.3, 0.4) is 0 Å². The maximum Gasteiger partial charge on any atom is 0.239 e. The molecule has 0 radical (unpaired) electrons. The van der Waals surface area contributed by atoms with Crippen LogP contribution >= 0.6 is 15.9 Å². The van der Waals surface area contributed by atoms with E-state index >= 15 is 0 Å². The zero-order valence-corrected chi connectivity index (χ0v) is 10.3. The molecule has 1 rings (SSSR count). The van der Waals surface area contributed by atoms with Gasteiger partial charge < -0.3 is 10.6 Å².